The standard InChI is InChI=1S/C20H24N2O2/c1-4-20(17-13-9-10-14-18(17)21(3)19(20)23)22(5-2)24-15-16-11-7-6-8-12-16/h6-14H,4-5,15H2,1-3H3. The van der Waals surface area contributed by atoms with Crippen molar-refractivity contribution in [2.75, 3.05) is 18.5 Å². The summed E-state index contributed by atoms with van der Waals surface area (Å²) in [6.45, 7) is 5.16. The van der Waals surface area contributed by atoms with Gasteiger partial charge in [-0.1, -0.05) is 62.4 Å². The molecule has 0 aliphatic carbocycles. The van der Waals surface area contributed by atoms with Crippen LogP contribution in [0.15, 0.2) is 54.6 Å². The molecule has 0 saturated carbocycles. The molecule has 2 aromatic rings. The number of para-hydroxylation sites is 1. The molecule has 1 amide bonds. The van der Waals surface area contributed by atoms with E-state index in [0.29, 0.717) is 19.6 Å². The molecule has 126 valence electrons. The van der Waals surface area contributed by atoms with Crippen LogP contribution in [0.4, 0.5) is 5.69 Å². The van der Waals surface area contributed by atoms with E-state index in [-0.39, 0.29) is 5.91 Å². The molecule has 0 fully saturated rings. The van der Waals surface area contributed by atoms with Crippen LogP contribution >= 0.6 is 0 Å². The minimum Gasteiger partial charge on any atom is -0.313 e. The first-order chi connectivity index (χ1) is 11.6. The van der Waals surface area contributed by atoms with E-state index >= 15 is 0 Å². The third-order valence-electron chi connectivity index (χ3n) is 4.82. The number of hydroxylamine groups is 2. The van der Waals surface area contributed by atoms with Crippen LogP contribution < -0.4 is 4.90 Å². The zero-order valence-corrected chi connectivity index (χ0v) is 14.5. The molecule has 4 nitrogen and oxygen atoms in total. The molecular weight excluding hydrogens is 300 g/mol. The van der Waals surface area contributed by atoms with Crippen LogP contribution in [0.25, 0.3) is 0 Å². The number of benzene rings is 2. The Morgan fingerprint density at radius 2 is 1.71 bits per heavy atom. The average molecular weight is 324 g/mol. The maximum absolute atomic E-state index is 13.1. The van der Waals surface area contributed by atoms with E-state index in [2.05, 4.69) is 0 Å². The van der Waals surface area contributed by atoms with Crippen molar-refractivity contribution in [2.45, 2.75) is 32.4 Å². The largest absolute Gasteiger partial charge is 0.313 e. The normalized spacial score (nSPS) is 19.8. The molecule has 0 saturated heterocycles. The maximum Gasteiger partial charge on any atom is 0.254 e. The number of fused-ring (bicyclic) bond motifs is 1. The summed E-state index contributed by atoms with van der Waals surface area (Å²) in [6, 6.07) is 18.0. The molecule has 1 unspecified atom stereocenters. The molecular formula is C20H24N2O2. The lowest BCUT2D eigenvalue weighted by Crippen LogP contribution is -2.52. The predicted octanol–water partition coefficient (Wildman–Crippen LogP) is 3.72. The number of carbonyl (C=O) groups is 1. The van der Waals surface area contributed by atoms with Crippen LogP contribution in [0, 0.1) is 0 Å². The summed E-state index contributed by atoms with van der Waals surface area (Å²) in [5, 5.41) is 1.85. The number of rotatable bonds is 6. The van der Waals surface area contributed by atoms with Gasteiger partial charge in [-0.25, -0.2) is 0 Å². The molecule has 1 heterocycles. The highest BCUT2D eigenvalue weighted by molar-refractivity contribution is 6.07. The third-order valence-corrected chi connectivity index (χ3v) is 4.82. The molecule has 24 heavy (non-hydrogen) atoms. The highest BCUT2D eigenvalue weighted by Gasteiger charge is 2.52. The van der Waals surface area contributed by atoms with Crippen molar-refractivity contribution in [3.63, 3.8) is 0 Å². The number of likely N-dealkylation sites (N-methyl/N-ethyl adjacent to an activating group) is 2. The lowest BCUT2D eigenvalue weighted by atomic mass is 9.88. The van der Waals surface area contributed by atoms with Crippen molar-refractivity contribution in [1.29, 1.82) is 0 Å². The highest BCUT2D eigenvalue weighted by Crippen LogP contribution is 2.45. The summed E-state index contributed by atoms with van der Waals surface area (Å²) >= 11 is 0. The molecule has 4 heteroatoms. The van der Waals surface area contributed by atoms with E-state index in [9.17, 15) is 4.79 Å². The third kappa shape index (κ3) is 2.52. The maximum atomic E-state index is 13.1. The number of anilines is 1. The monoisotopic (exact) mass is 324 g/mol. The quantitative estimate of drug-likeness (QED) is 0.759. The summed E-state index contributed by atoms with van der Waals surface area (Å²) in [6.07, 6.45) is 0.663. The molecule has 1 aliphatic rings. The minimum absolute atomic E-state index is 0.0705. The van der Waals surface area contributed by atoms with Crippen LogP contribution in [0.1, 0.15) is 31.4 Å². The minimum atomic E-state index is -0.755. The van der Waals surface area contributed by atoms with Crippen LogP contribution in [0.5, 0.6) is 0 Å². The molecule has 0 spiro atoms. The second kappa shape index (κ2) is 6.75. The summed E-state index contributed by atoms with van der Waals surface area (Å²) in [4.78, 5) is 21.0. The van der Waals surface area contributed by atoms with Crippen LogP contribution in [-0.2, 0) is 21.8 Å². The van der Waals surface area contributed by atoms with E-state index in [1.165, 1.54) is 0 Å². The fraction of sp³-hybridized carbons (Fsp3) is 0.350. The Labute approximate surface area is 143 Å². The van der Waals surface area contributed by atoms with Gasteiger partial charge in [0.1, 0.15) is 0 Å². The molecule has 2 aromatic carbocycles. The van der Waals surface area contributed by atoms with Crippen molar-refractivity contribution in [1.82, 2.24) is 5.06 Å². The van der Waals surface area contributed by atoms with Gasteiger partial charge in [-0.3, -0.25) is 9.63 Å². The molecule has 1 aliphatic heterocycles. The zero-order chi connectivity index (χ0) is 17.2. The van der Waals surface area contributed by atoms with Gasteiger partial charge in [0, 0.05) is 24.8 Å². The summed E-state index contributed by atoms with van der Waals surface area (Å²) < 4.78 is 0. The number of carbonyl (C=O) groups excluding carboxylic acids is 1. The van der Waals surface area contributed by atoms with Crippen molar-refractivity contribution < 1.29 is 9.63 Å². The Kier molecular flexibility index (Phi) is 4.69. The van der Waals surface area contributed by atoms with Gasteiger partial charge in [0.25, 0.3) is 5.91 Å². The topological polar surface area (TPSA) is 32.8 Å². The summed E-state index contributed by atoms with van der Waals surface area (Å²) in [5.41, 5.74) is 2.32. The summed E-state index contributed by atoms with van der Waals surface area (Å²) in [5.74, 6) is 0.0705. The highest BCUT2D eigenvalue weighted by atomic mass is 16.7. The van der Waals surface area contributed by atoms with Crippen LogP contribution in [0.3, 0.4) is 0 Å². The van der Waals surface area contributed by atoms with Crippen LogP contribution in [0.2, 0.25) is 0 Å². The van der Waals surface area contributed by atoms with Gasteiger partial charge in [0.2, 0.25) is 0 Å². The van der Waals surface area contributed by atoms with E-state index < -0.39 is 5.54 Å². The lowest BCUT2D eigenvalue weighted by molar-refractivity contribution is -0.229. The van der Waals surface area contributed by atoms with Gasteiger partial charge in [-0.05, 0) is 18.1 Å². The van der Waals surface area contributed by atoms with Crippen LogP contribution in [-0.4, -0.2) is 24.6 Å². The molecule has 1 atom stereocenters. The van der Waals surface area contributed by atoms with E-state index in [1.54, 1.807) is 4.90 Å². The van der Waals surface area contributed by atoms with Crippen molar-refractivity contribution in [3.05, 3.63) is 65.7 Å². The van der Waals surface area contributed by atoms with Crippen molar-refractivity contribution in [3.8, 4) is 0 Å². The smallest absolute Gasteiger partial charge is 0.254 e. The van der Waals surface area contributed by atoms with E-state index in [4.69, 9.17) is 4.84 Å². The summed E-state index contributed by atoms with van der Waals surface area (Å²) in [7, 11) is 1.84. The van der Waals surface area contributed by atoms with Gasteiger partial charge in [-0.2, -0.15) is 5.06 Å². The second-order valence-corrected chi connectivity index (χ2v) is 6.05. The number of nitrogens with zero attached hydrogens (tertiary/aromatic N) is 2. The Morgan fingerprint density at radius 3 is 2.38 bits per heavy atom. The fourth-order valence-corrected chi connectivity index (χ4v) is 3.58. The Hall–Kier alpha value is -2.17. The molecule has 3 rings (SSSR count). The van der Waals surface area contributed by atoms with Gasteiger partial charge >= 0.3 is 0 Å². The molecule has 0 N–H and O–H groups in total. The fourth-order valence-electron chi connectivity index (χ4n) is 3.58. The SMILES string of the molecule is CCN(OCc1ccccc1)C1(CC)C(=O)N(C)c2ccccc21. The second-order valence-electron chi connectivity index (χ2n) is 6.05. The Balaban J connectivity index is 1.94. The van der Waals surface area contributed by atoms with Gasteiger partial charge < -0.3 is 4.90 Å². The Morgan fingerprint density at radius 1 is 1.04 bits per heavy atom. The number of amides is 1. The van der Waals surface area contributed by atoms with E-state index in [1.807, 2.05) is 80.6 Å². The predicted molar refractivity (Wildman–Crippen MR) is 95.4 cm³/mol. The van der Waals surface area contributed by atoms with Gasteiger partial charge in [0.15, 0.2) is 5.54 Å². The number of hydrogen-bond acceptors (Lipinski definition) is 3. The van der Waals surface area contributed by atoms with Gasteiger partial charge in [0.05, 0.1) is 6.61 Å². The van der Waals surface area contributed by atoms with E-state index in [0.717, 1.165) is 16.8 Å². The first kappa shape index (κ1) is 16.7. The average Bonchev–Trinajstić information content (AvgIpc) is 2.86. The zero-order valence-electron chi connectivity index (χ0n) is 14.5. The first-order valence-corrected chi connectivity index (χ1v) is 8.47. The van der Waals surface area contributed by atoms with Crippen molar-refractivity contribution in [2.24, 2.45) is 0 Å². The van der Waals surface area contributed by atoms with Crippen molar-refractivity contribution >= 4 is 11.6 Å². The number of hydrogen-bond donors (Lipinski definition) is 0. The molecule has 0 radical (unpaired) electrons. The molecule has 0 aromatic heterocycles. The lowest BCUT2D eigenvalue weighted by Gasteiger charge is -2.37. The molecule has 0 bridgehead atoms. The van der Waals surface area contributed by atoms with Gasteiger partial charge in [-0.15, -0.1) is 0 Å². The first-order valence-electron chi connectivity index (χ1n) is 8.47. The Bertz CT molecular complexity index is 717.